The highest BCUT2D eigenvalue weighted by Crippen LogP contribution is 2.05. The predicted molar refractivity (Wildman–Crippen MR) is 83.1 cm³/mol. The molecule has 5 nitrogen and oxygen atoms in total. The zero-order valence-electron chi connectivity index (χ0n) is 13.1. The van der Waals surface area contributed by atoms with Crippen molar-refractivity contribution in [3.05, 3.63) is 23.9 Å². The van der Waals surface area contributed by atoms with Gasteiger partial charge in [-0.3, -0.25) is 9.69 Å². The first kappa shape index (κ1) is 16.4. The second kappa shape index (κ2) is 7.85. The van der Waals surface area contributed by atoms with Gasteiger partial charge >= 0.3 is 0 Å². The summed E-state index contributed by atoms with van der Waals surface area (Å²) in [5.41, 5.74) is 0.588. The van der Waals surface area contributed by atoms with Crippen LogP contribution in [0.15, 0.2) is 18.3 Å². The third-order valence-corrected chi connectivity index (χ3v) is 3.26. The third-order valence-electron chi connectivity index (χ3n) is 3.26. The number of carbonyl (C=O) groups is 1. The Kier molecular flexibility index (Phi) is 6.45. The summed E-state index contributed by atoms with van der Waals surface area (Å²) in [4.78, 5) is 18.5. The maximum Gasteiger partial charge on any atom is 0.252 e. The van der Waals surface area contributed by atoms with Crippen molar-refractivity contribution in [1.82, 2.24) is 15.2 Å². The van der Waals surface area contributed by atoms with Crippen molar-refractivity contribution in [1.29, 1.82) is 0 Å². The average Bonchev–Trinajstić information content (AvgIpc) is 2.42. The molecule has 0 aliphatic heterocycles. The number of anilines is 1. The van der Waals surface area contributed by atoms with Crippen LogP contribution in [0, 0.1) is 0 Å². The van der Waals surface area contributed by atoms with Crippen LogP contribution in [0.3, 0.4) is 0 Å². The number of amides is 1. The molecule has 1 aromatic rings. The number of nitrogens with zero attached hydrogens (tertiary/aromatic N) is 2. The Balaban J connectivity index is 2.46. The number of rotatable bonds is 7. The molecule has 0 aliphatic rings. The molecule has 0 unspecified atom stereocenters. The molecule has 2 N–H and O–H groups in total. The van der Waals surface area contributed by atoms with E-state index in [1.54, 1.807) is 25.4 Å². The molecule has 20 heavy (non-hydrogen) atoms. The van der Waals surface area contributed by atoms with Gasteiger partial charge in [0.15, 0.2) is 0 Å². The first-order valence-electron chi connectivity index (χ1n) is 7.13. The van der Waals surface area contributed by atoms with Gasteiger partial charge in [0.2, 0.25) is 0 Å². The molecule has 0 atom stereocenters. The van der Waals surface area contributed by atoms with Gasteiger partial charge < -0.3 is 10.6 Å². The summed E-state index contributed by atoms with van der Waals surface area (Å²) in [5.74, 6) is 0.681. The maximum atomic E-state index is 12.0. The number of hydrogen-bond donors (Lipinski definition) is 2. The zero-order chi connectivity index (χ0) is 15.1. The van der Waals surface area contributed by atoms with Crippen LogP contribution in [-0.2, 0) is 0 Å². The highest BCUT2D eigenvalue weighted by atomic mass is 16.1. The van der Waals surface area contributed by atoms with Gasteiger partial charge in [0.25, 0.3) is 5.91 Å². The smallest absolute Gasteiger partial charge is 0.252 e. The molecule has 1 heterocycles. The summed E-state index contributed by atoms with van der Waals surface area (Å²) in [6.07, 6.45) is 1.59. The highest BCUT2D eigenvalue weighted by Gasteiger charge is 2.13. The Bertz CT molecular complexity index is 406. The molecule has 1 aromatic heterocycles. The van der Waals surface area contributed by atoms with Crippen LogP contribution in [0.1, 0.15) is 38.1 Å². The number of hydrogen-bond acceptors (Lipinski definition) is 4. The van der Waals surface area contributed by atoms with Gasteiger partial charge in [0, 0.05) is 38.4 Å². The zero-order valence-corrected chi connectivity index (χ0v) is 13.1. The number of carbonyl (C=O) groups excluding carboxylic acids is 1. The fourth-order valence-electron chi connectivity index (χ4n) is 2.19. The summed E-state index contributed by atoms with van der Waals surface area (Å²) in [6, 6.07) is 4.52. The van der Waals surface area contributed by atoms with Crippen molar-refractivity contribution in [2.75, 3.05) is 25.5 Å². The van der Waals surface area contributed by atoms with Crippen LogP contribution in [0.25, 0.3) is 0 Å². The molecule has 5 heteroatoms. The minimum Gasteiger partial charge on any atom is -0.373 e. The van der Waals surface area contributed by atoms with Crippen LogP contribution in [0.5, 0.6) is 0 Å². The predicted octanol–water partition coefficient (Wildman–Crippen LogP) is 1.97. The molecule has 1 rings (SSSR count). The molecule has 112 valence electrons. The van der Waals surface area contributed by atoms with Crippen molar-refractivity contribution in [3.63, 3.8) is 0 Å². The van der Waals surface area contributed by atoms with E-state index in [2.05, 4.69) is 48.2 Å². The lowest BCUT2D eigenvalue weighted by molar-refractivity contribution is 0.0939. The molecule has 0 aliphatic carbocycles. The molecule has 0 saturated carbocycles. The molecule has 1 amide bonds. The quantitative estimate of drug-likeness (QED) is 0.800. The second-order valence-corrected chi connectivity index (χ2v) is 5.36. The molecule has 0 radical (unpaired) electrons. The molecule has 0 saturated heterocycles. The van der Waals surface area contributed by atoms with Crippen molar-refractivity contribution >= 4 is 11.7 Å². The minimum atomic E-state index is -0.0763. The molecular weight excluding hydrogens is 252 g/mol. The largest absolute Gasteiger partial charge is 0.373 e. The normalized spacial score (nSPS) is 11.2. The Morgan fingerprint density at radius 2 is 1.90 bits per heavy atom. The Morgan fingerprint density at radius 3 is 2.35 bits per heavy atom. The fourth-order valence-corrected chi connectivity index (χ4v) is 2.19. The van der Waals surface area contributed by atoms with Gasteiger partial charge in [-0.05, 0) is 39.8 Å². The number of aromatic nitrogens is 1. The first-order valence-corrected chi connectivity index (χ1v) is 7.13. The monoisotopic (exact) mass is 278 g/mol. The van der Waals surface area contributed by atoms with Crippen molar-refractivity contribution in [3.8, 4) is 0 Å². The highest BCUT2D eigenvalue weighted by molar-refractivity contribution is 5.94. The van der Waals surface area contributed by atoms with E-state index in [0.29, 0.717) is 24.2 Å². The summed E-state index contributed by atoms with van der Waals surface area (Å²) in [6.45, 7) is 10.2. The van der Waals surface area contributed by atoms with E-state index < -0.39 is 0 Å². The lowest BCUT2D eigenvalue weighted by Gasteiger charge is -2.30. The summed E-state index contributed by atoms with van der Waals surface area (Å²) < 4.78 is 0. The van der Waals surface area contributed by atoms with E-state index in [4.69, 9.17) is 0 Å². The lowest BCUT2D eigenvalue weighted by atomic mass is 10.2. The van der Waals surface area contributed by atoms with E-state index >= 15 is 0 Å². The first-order chi connectivity index (χ1) is 9.45. The van der Waals surface area contributed by atoms with Crippen LogP contribution >= 0.6 is 0 Å². The number of pyridine rings is 1. The fraction of sp³-hybridized carbons (Fsp3) is 0.600. The van der Waals surface area contributed by atoms with Crippen molar-refractivity contribution in [2.24, 2.45) is 0 Å². The summed E-state index contributed by atoms with van der Waals surface area (Å²) in [7, 11) is 1.80. The molecular formula is C15H26N4O. The van der Waals surface area contributed by atoms with Gasteiger partial charge in [-0.1, -0.05) is 0 Å². The van der Waals surface area contributed by atoms with Crippen LogP contribution < -0.4 is 10.6 Å². The van der Waals surface area contributed by atoms with E-state index in [9.17, 15) is 4.79 Å². The van der Waals surface area contributed by atoms with E-state index in [1.807, 2.05) is 0 Å². The van der Waals surface area contributed by atoms with Gasteiger partial charge in [0.05, 0.1) is 5.56 Å². The van der Waals surface area contributed by atoms with Crippen LogP contribution in [0.2, 0.25) is 0 Å². The lowest BCUT2D eigenvalue weighted by Crippen LogP contribution is -2.42. The summed E-state index contributed by atoms with van der Waals surface area (Å²) in [5, 5.41) is 5.86. The van der Waals surface area contributed by atoms with Gasteiger partial charge in [0.1, 0.15) is 5.82 Å². The SMILES string of the molecule is CNc1ccc(C(=O)NCCN(C(C)C)C(C)C)cn1. The minimum absolute atomic E-state index is 0.0763. The molecule has 0 fully saturated rings. The number of nitrogens with one attached hydrogen (secondary N) is 2. The second-order valence-electron chi connectivity index (χ2n) is 5.36. The van der Waals surface area contributed by atoms with Crippen molar-refractivity contribution < 1.29 is 4.79 Å². The van der Waals surface area contributed by atoms with E-state index in [1.165, 1.54) is 0 Å². The molecule has 0 bridgehead atoms. The Hall–Kier alpha value is -1.62. The van der Waals surface area contributed by atoms with Gasteiger partial charge in [-0.15, -0.1) is 0 Å². The summed E-state index contributed by atoms with van der Waals surface area (Å²) >= 11 is 0. The van der Waals surface area contributed by atoms with Gasteiger partial charge in [-0.25, -0.2) is 4.98 Å². The standard InChI is InChI=1S/C15H26N4O/c1-11(2)19(12(3)4)9-8-17-15(20)13-6-7-14(16-5)18-10-13/h6-7,10-12H,8-9H2,1-5H3,(H,16,18)(H,17,20). The van der Waals surface area contributed by atoms with Crippen molar-refractivity contribution in [2.45, 2.75) is 39.8 Å². The molecule has 0 aromatic carbocycles. The Morgan fingerprint density at radius 1 is 1.25 bits per heavy atom. The van der Waals surface area contributed by atoms with E-state index in [-0.39, 0.29) is 5.91 Å². The van der Waals surface area contributed by atoms with Crippen LogP contribution in [-0.4, -0.2) is 48.0 Å². The average molecular weight is 278 g/mol. The molecule has 0 spiro atoms. The third kappa shape index (κ3) is 4.81. The maximum absolute atomic E-state index is 12.0. The topological polar surface area (TPSA) is 57.3 Å². The van der Waals surface area contributed by atoms with E-state index in [0.717, 1.165) is 12.4 Å². The Labute approximate surface area is 121 Å². The van der Waals surface area contributed by atoms with Crippen LogP contribution in [0.4, 0.5) is 5.82 Å². The van der Waals surface area contributed by atoms with Gasteiger partial charge in [-0.2, -0.15) is 0 Å².